The number of nitrogens with one attached hydrogen (secondary N) is 1. The second-order valence-corrected chi connectivity index (χ2v) is 6.29. The number of nitrogens with zero attached hydrogens (tertiary/aromatic N) is 2. The Bertz CT molecular complexity index is 705. The molecule has 2 aromatic rings. The van der Waals surface area contributed by atoms with E-state index in [1.165, 1.54) is 0 Å². The zero-order valence-corrected chi connectivity index (χ0v) is 12.4. The average molecular weight is 300 g/mol. The van der Waals surface area contributed by atoms with Gasteiger partial charge in [0.25, 0.3) is 10.0 Å². The Morgan fingerprint density at radius 3 is 2.26 bits per heavy atom. The fourth-order valence-electron chi connectivity index (χ4n) is 1.87. The maximum atomic E-state index is 12.3. The van der Waals surface area contributed by atoms with Crippen molar-refractivity contribution in [1.82, 2.24) is 9.78 Å². The minimum atomic E-state index is -3.64. The van der Waals surface area contributed by atoms with E-state index in [1.807, 2.05) is 0 Å². The molecule has 0 atom stereocenters. The molecule has 1 aromatic heterocycles. The van der Waals surface area contributed by atoms with Crippen molar-refractivity contribution in [3.63, 3.8) is 0 Å². The van der Waals surface area contributed by atoms with Crippen LogP contribution in [0.25, 0.3) is 0 Å². The van der Waals surface area contributed by atoms with Gasteiger partial charge in [-0.05, 0) is 38.1 Å². The van der Waals surface area contributed by atoms with Crippen LogP contribution in [-0.4, -0.2) is 18.2 Å². The molecule has 0 aliphatic carbocycles. The number of aromatic nitrogens is 2. The lowest BCUT2D eigenvalue weighted by atomic mass is 10.3. The van der Waals surface area contributed by atoms with E-state index >= 15 is 0 Å². The molecule has 0 saturated carbocycles. The lowest BCUT2D eigenvalue weighted by Crippen LogP contribution is -2.14. The number of anilines is 1. The van der Waals surface area contributed by atoms with Crippen molar-refractivity contribution in [3.05, 3.63) is 40.7 Å². The van der Waals surface area contributed by atoms with E-state index in [1.54, 1.807) is 49.8 Å². The first-order valence-corrected chi connectivity index (χ1v) is 7.46. The molecule has 1 N–H and O–H groups in total. The molecule has 0 aliphatic heterocycles. The molecule has 0 amide bonds. The quantitative estimate of drug-likeness (QED) is 0.947. The Kier molecular flexibility index (Phi) is 3.56. The molecule has 0 spiro atoms. The molecule has 7 heteroatoms. The summed E-state index contributed by atoms with van der Waals surface area (Å²) >= 11 is 5.76. The Hall–Kier alpha value is -1.53. The number of benzene rings is 1. The van der Waals surface area contributed by atoms with Crippen LogP contribution in [0.2, 0.25) is 5.02 Å². The monoisotopic (exact) mass is 299 g/mol. The predicted molar refractivity (Wildman–Crippen MR) is 74.9 cm³/mol. The van der Waals surface area contributed by atoms with Gasteiger partial charge in [-0.3, -0.25) is 9.40 Å². The van der Waals surface area contributed by atoms with Gasteiger partial charge in [0, 0.05) is 17.8 Å². The molecule has 102 valence electrons. The fourth-order valence-corrected chi connectivity index (χ4v) is 3.49. The van der Waals surface area contributed by atoms with Gasteiger partial charge in [-0.1, -0.05) is 11.6 Å². The molecule has 5 nitrogen and oxygen atoms in total. The zero-order valence-electron chi connectivity index (χ0n) is 10.8. The van der Waals surface area contributed by atoms with Crippen molar-refractivity contribution < 1.29 is 8.42 Å². The molecule has 1 heterocycles. The van der Waals surface area contributed by atoms with Crippen molar-refractivity contribution >= 4 is 27.3 Å². The molecule has 1 aromatic carbocycles. The molecule has 0 aliphatic rings. The summed E-state index contributed by atoms with van der Waals surface area (Å²) in [6.07, 6.45) is 0. The van der Waals surface area contributed by atoms with Gasteiger partial charge in [-0.15, -0.1) is 0 Å². The van der Waals surface area contributed by atoms with E-state index in [9.17, 15) is 8.42 Å². The summed E-state index contributed by atoms with van der Waals surface area (Å²) < 4.78 is 28.8. The number of hydrogen-bond donors (Lipinski definition) is 1. The molecule has 0 radical (unpaired) electrons. The Morgan fingerprint density at radius 1 is 1.21 bits per heavy atom. The van der Waals surface area contributed by atoms with E-state index in [4.69, 9.17) is 11.6 Å². The summed E-state index contributed by atoms with van der Waals surface area (Å²) in [6, 6.07) is 6.48. The molecular weight excluding hydrogens is 286 g/mol. The molecule has 2 rings (SSSR count). The first-order valence-electron chi connectivity index (χ1n) is 5.60. The molecular formula is C12H14ClN3O2S. The SMILES string of the molecule is Cc1nn(C)c(C)c1S(=O)(=O)Nc1ccc(Cl)cc1. The number of sulfonamides is 1. The second kappa shape index (κ2) is 4.86. The highest BCUT2D eigenvalue weighted by Crippen LogP contribution is 2.22. The number of aryl methyl sites for hydroxylation is 2. The van der Waals surface area contributed by atoms with E-state index in [0.29, 0.717) is 22.1 Å². The Labute approximate surface area is 117 Å². The molecule has 0 saturated heterocycles. The van der Waals surface area contributed by atoms with Crippen LogP contribution in [-0.2, 0) is 17.1 Å². The van der Waals surface area contributed by atoms with Crippen LogP contribution in [0.1, 0.15) is 11.4 Å². The van der Waals surface area contributed by atoms with Crippen molar-refractivity contribution in [2.24, 2.45) is 7.05 Å². The van der Waals surface area contributed by atoms with Gasteiger partial charge in [-0.2, -0.15) is 5.10 Å². The van der Waals surface area contributed by atoms with Gasteiger partial charge < -0.3 is 0 Å². The number of rotatable bonds is 3. The maximum Gasteiger partial charge on any atom is 0.265 e. The van der Waals surface area contributed by atoms with E-state index in [-0.39, 0.29) is 4.90 Å². The van der Waals surface area contributed by atoms with Crippen molar-refractivity contribution in [1.29, 1.82) is 0 Å². The summed E-state index contributed by atoms with van der Waals surface area (Å²) in [7, 11) is -1.93. The largest absolute Gasteiger partial charge is 0.280 e. The van der Waals surface area contributed by atoms with Gasteiger partial charge in [0.15, 0.2) is 0 Å². The van der Waals surface area contributed by atoms with Gasteiger partial charge in [0.1, 0.15) is 4.90 Å². The van der Waals surface area contributed by atoms with Crippen LogP contribution in [0, 0.1) is 13.8 Å². The van der Waals surface area contributed by atoms with E-state index in [2.05, 4.69) is 9.82 Å². The van der Waals surface area contributed by atoms with Crippen LogP contribution >= 0.6 is 11.6 Å². The van der Waals surface area contributed by atoms with Crippen molar-refractivity contribution in [3.8, 4) is 0 Å². The molecule has 0 fully saturated rings. The predicted octanol–water partition coefficient (Wildman–Crippen LogP) is 2.49. The number of hydrogen-bond acceptors (Lipinski definition) is 3. The normalized spacial score (nSPS) is 11.6. The van der Waals surface area contributed by atoms with Crippen LogP contribution in [0.4, 0.5) is 5.69 Å². The summed E-state index contributed by atoms with van der Waals surface area (Å²) in [5, 5.41) is 4.66. The minimum absolute atomic E-state index is 0.213. The second-order valence-electron chi connectivity index (χ2n) is 4.24. The summed E-state index contributed by atoms with van der Waals surface area (Å²) in [4.78, 5) is 0.213. The average Bonchev–Trinajstić information content (AvgIpc) is 2.56. The molecule has 0 bridgehead atoms. The van der Waals surface area contributed by atoms with Gasteiger partial charge in [0.2, 0.25) is 0 Å². The zero-order chi connectivity index (χ0) is 14.2. The lowest BCUT2D eigenvalue weighted by Gasteiger charge is -2.08. The minimum Gasteiger partial charge on any atom is -0.280 e. The van der Waals surface area contributed by atoms with E-state index in [0.717, 1.165) is 0 Å². The topological polar surface area (TPSA) is 64.0 Å². The van der Waals surface area contributed by atoms with Gasteiger partial charge in [0.05, 0.1) is 11.4 Å². The van der Waals surface area contributed by atoms with Crippen LogP contribution in [0.5, 0.6) is 0 Å². The first kappa shape index (κ1) is 13.9. The van der Waals surface area contributed by atoms with Crippen molar-refractivity contribution in [2.75, 3.05) is 4.72 Å². The molecule has 0 unspecified atom stereocenters. The third-order valence-corrected chi connectivity index (χ3v) is 4.69. The highest BCUT2D eigenvalue weighted by Gasteiger charge is 2.23. The fraction of sp³-hybridized carbons (Fsp3) is 0.250. The Morgan fingerprint density at radius 2 is 1.79 bits per heavy atom. The lowest BCUT2D eigenvalue weighted by molar-refractivity contribution is 0.599. The highest BCUT2D eigenvalue weighted by atomic mass is 35.5. The summed E-state index contributed by atoms with van der Waals surface area (Å²) in [6.45, 7) is 3.39. The smallest absolute Gasteiger partial charge is 0.265 e. The standard InChI is InChI=1S/C12H14ClN3O2S/c1-8-12(9(2)16(3)14-8)19(17,18)15-11-6-4-10(13)5-7-11/h4-7,15H,1-3H3. The van der Waals surface area contributed by atoms with Crippen LogP contribution in [0.15, 0.2) is 29.2 Å². The summed E-state index contributed by atoms with van der Waals surface area (Å²) in [5.41, 5.74) is 1.53. The van der Waals surface area contributed by atoms with Crippen molar-refractivity contribution in [2.45, 2.75) is 18.7 Å². The summed E-state index contributed by atoms with van der Waals surface area (Å²) in [5.74, 6) is 0. The maximum absolute atomic E-state index is 12.3. The van der Waals surface area contributed by atoms with Crippen LogP contribution < -0.4 is 4.72 Å². The van der Waals surface area contributed by atoms with Gasteiger partial charge in [-0.25, -0.2) is 8.42 Å². The molecule has 19 heavy (non-hydrogen) atoms. The van der Waals surface area contributed by atoms with Gasteiger partial charge >= 0.3 is 0 Å². The third kappa shape index (κ3) is 2.74. The first-order chi connectivity index (χ1) is 8.81. The number of halogens is 1. The van der Waals surface area contributed by atoms with Crippen LogP contribution in [0.3, 0.4) is 0 Å². The Balaban J connectivity index is 2.40. The highest BCUT2D eigenvalue weighted by molar-refractivity contribution is 7.92. The van der Waals surface area contributed by atoms with E-state index < -0.39 is 10.0 Å². The third-order valence-electron chi connectivity index (χ3n) is 2.81.